The third-order valence-electron chi connectivity index (χ3n) is 7.91. The van der Waals surface area contributed by atoms with E-state index < -0.39 is 11.9 Å². The summed E-state index contributed by atoms with van der Waals surface area (Å²) in [4.78, 5) is 40.8. The zero-order valence-corrected chi connectivity index (χ0v) is 20.9. The minimum Gasteiger partial charge on any atom is -0.493 e. The van der Waals surface area contributed by atoms with Crippen LogP contribution in [0.1, 0.15) is 48.0 Å². The number of amides is 3. The molecule has 3 amide bonds. The molecule has 0 bridgehead atoms. The van der Waals surface area contributed by atoms with Crippen LogP contribution in [0.4, 0.5) is 0 Å². The van der Waals surface area contributed by atoms with Gasteiger partial charge in [-0.15, -0.1) is 0 Å². The number of hydrogen-bond acceptors (Lipinski definition) is 7. The van der Waals surface area contributed by atoms with Gasteiger partial charge >= 0.3 is 0 Å². The number of hydrogen-bond donors (Lipinski definition) is 1. The molecule has 194 valence electrons. The number of imide groups is 1. The van der Waals surface area contributed by atoms with Gasteiger partial charge in [0.1, 0.15) is 24.0 Å². The second-order valence-corrected chi connectivity index (χ2v) is 10.2. The maximum Gasteiger partial charge on any atom is 0.255 e. The van der Waals surface area contributed by atoms with Crippen molar-refractivity contribution in [1.29, 1.82) is 0 Å². The van der Waals surface area contributed by atoms with Crippen LogP contribution in [0.3, 0.4) is 0 Å². The van der Waals surface area contributed by atoms with E-state index in [0.29, 0.717) is 24.6 Å². The summed E-state index contributed by atoms with van der Waals surface area (Å²) < 4.78 is 18.0. The lowest BCUT2D eigenvalue weighted by Gasteiger charge is -2.44. The Kier molecular flexibility index (Phi) is 6.24. The van der Waals surface area contributed by atoms with Crippen molar-refractivity contribution in [2.24, 2.45) is 0 Å². The first-order chi connectivity index (χ1) is 18.0. The standard InChI is InChI=1S/C28H31N3O6/c1-35-24-6-2-3-7-25(24)37-19-15-30(16-19)21-5-4-8-23(21)36-18-9-10-20-17(13-18)14-31(28(20)34)22-11-12-26(32)29-27(22)33/h2-3,6-7,9-10,13,19,21-23H,4-5,8,11-12,14-16H2,1H3,(H,29,32,33)/t21-,22?,23+/m0/s1. The average Bonchev–Trinajstić information content (AvgIpc) is 3.45. The molecule has 1 unspecified atom stereocenters. The Morgan fingerprint density at radius 3 is 2.54 bits per heavy atom. The lowest BCUT2D eigenvalue weighted by molar-refractivity contribution is -0.136. The summed E-state index contributed by atoms with van der Waals surface area (Å²) in [6, 6.07) is 13.0. The number of rotatable bonds is 7. The highest BCUT2D eigenvalue weighted by atomic mass is 16.5. The van der Waals surface area contributed by atoms with E-state index in [2.05, 4.69) is 10.2 Å². The highest BCUT2D eigenvalue weighted by Gasteiger charge is 2.42. The zero-order chi connectivity index (χ0) is 25.5. The van der Waals surface area contributed by atoms with Crippen molar-refractivity contribution in [3.8, 4) is 17.2 Å². The van der Waals surface area contributed by atoms with Gasteiger partial charge in [-0.1, -0.05) is 12.1 Å². The Balaban J connectivity index is 1.07. The molecule has 1 N–H and O–H groups in total. The van der Waals surface area contributed by atoms with Crippen molar-refractivity contribution < 1.29 is 28.6 Å². The number of para-hydroxylation sites is 2. The third kappa shape index (κ3) is 4.52. The number of carbonyl (C=O) groups excluding carboxylic acids is 3. The lowest BCUT2D eigenvalue weighted by Crippen LogP contribution is -2.60. The second kappa shape index (κ2) is 9.70. The Hall–Kier alpha value is -3.59. The van der Waals surface area contributed by atoms with Crippen molar-refractivity contribution in [2.45, 2.75) is 62.9 Å². The van der Waals surface area contributed by atoms with Crippen LogP contribution in [0.5, 0.6) is 17.2 Å². The first-order valence-electron chi connectivity index (χ1n) is 13.0. The highest BCUT2D eigenvalue weighted by molar-refractivity contribution is 6.05. The predicted octanol–water partition coefficient (Wildman–Crippen LogP) is 2.52. The highest BCUT2D eigenvalue weighted by Crippen LogP contribution is 2.35. The molecule has 0 spiro atoms. The van der Waals surface area contributed by atoms with E-state index in [0.717, 1.165) is 55.2 Å². The number of nitrogens with one attached hydrogen (secondary N) is 1. The molecule has 3 heterocycles. The Morgan fingerprint density at radius 1 is 0.946 bits per heavy atom. The van der Waals surface area contributed by atoms with Gasteiger partial charge < -0.3 is 19.1 Å². The average molecular weight is 506 g/mol. The number of likely N-dealkylation sites (tertiary alicyclic amines) is 1. The molecule has 9 heteroatoms. The molecule has 0 aromatic heterocycles. The second-order valence-electron chi connectivity index (χ2n) is 10.2. The molecule has 9 nitrogen and oxygen atoms in total. The summed E-state index contributed by atoms with van der Waals surface area (Å²) >= 11 is 0. The van der Waals surface area contributed by atoms with Gasteiger partial charge in [-0.05, 0) is 61.6 Å². The number of fused-ring (bicyclic) bond motifs is 1. The van der Waals surface area contributed by atoms with E-state index >= 15 is 0 Å². The SMILES string of the molecule is COc1ccccc1OC1CN([C@H]2CCC[C@H]2Oc2ccc3c(c2)CN(C2CCC(=O)NC2=O)C3=O)C1. The van der Waals surface area contributed by atoms with E-state index in [1.165, 1.54) is 0 Å². The van der Waals surface area contributed by atoms with Crippen molar-refractivity contribution in [2.75, 3.05) is 20.2 Å². The van der Waals surface area contributed by atoms with Gasteiger partial charge in [0.05, 0.1) is 7.11 Å². The molecule has 3 aliphatic heterocycles. The summed E-state index contributed by atoms with van der Waals surface area (Å²) in [6.07, 6.45) is 3.98. The summed E-state index contributed by atoms with van der Waals surface area (Å²) in [6.45, 7) is 2.05. The van der Waals surface area contributed by atoms with Crippen LogP contribution >= 0.6 is 0 Å². The van der Waals surface area contributed by atoms with Gasteiger partial charge in [-0.25, -0.2) is 0 Å². The maximum absolute atomic E-state index is 13.0. The fourth-order valence-electron chi connectivity index (χ4n) is 5.97. The fraction of sp³-hybridized carbons (Fsp3) is 0.464. The number of benzene rings is 2. The number of ether oxygens (including phenoxy) is 3. The first kappa shape index (κ1) is 23.8. The van der Waals surface area contributed by atoms with Crippen LogP contribution in [0.15, 0.2) is 42.5 Å². The number of carbonyl (C=O) groups is 3. The molecular weight excluding hydrogens is 474 g/mol. The molecule has 4 aliphatic rings. The molecule has 6 rings (SSSR count). The molecule has 1 aliphatic carbocycles. The first-order valence-corrected chi connectivity index (χ1v) is 13.0. The quantitative estimate of drug-likeness (QED) is 0.578. The van der Waals surface area contributed by atoms with E-state index in [1.54, 1.807) is 18.1 Å². The predicted molar refractivity (Wildman–Crippen MR) is 134 cm³/mol. The maximum atomic E-state index is 13.0. The van der Waals surface area contributed by atoms with Crippen LogP contribution in [0, 0.1) is 0 Å². The van der Waals surface area contributed by atoms with Gasteiger partial charge in [0.2, 0.25) is 11.8 Å². The van der Waals surface area contributed by atoms with Crippen LogP contribution in [-0.4, -0.2) is 72.0 Å². The van der Waals surface area contributed by atoms with Crippen molar-refractivity contribution in [3.63, 3.8) is 0 Å². The van der Waals surface area contributed by atoms with Crippen molar-refractivity contribution in [3.05, 3.63) is 53.6 Å². The minimum atomic E-state index is -0.612. The third-order valence-corrected chi connectivity index (χ3v) is 7.91. The van der Waals surface area contributed by atoms with E-state index in [1.807, 2.05) is 36.4 Å². The van der Waals surface area contributed by atoms with Gasteiger partial charge in [0, 0.05) is 37.7 Å². The van der Waals surface area contributed by atoms with Crippen LogP contribution < -0.4 is 19.5 Å². The van der Waals surface area contributed by atoms with Crippen LogP contribution in [-0.2, 0) is 16.1 Å². The fourth-order valence-corrected chi connectivity index (χ4v) is 5.97. The molecule has 3 fully saturated rings. The topological polar surface area (TPSA) is 97.4 Å². The molecular formula is C28H31N3O6. The largest absolute Gasteiger partial charge is 0.493 e. The molecule has 3 atom stereocenters. The van der Waals surface area contributed by atoms with Crippen molar-refractivity contribution >= 4 is 17.7 Å². The molecule has 37 heavy (non-hydrogen) atoms. The lowest BCUT2D eigenvalue weighted by atomic mass is 10.0. The monoisotopic (exact) mass is 505 g/mol. The van der Waals surface area contributed by atoms with Crippen molar-refractivity contribution in [1.82, 2.24) is 15.1 Å². The number of piperidine rings is 1. The van der Waals surface area contributed by atoms with E-state index in [-0.39, 0.29) is 30.4 Å². The summed E-state index contributed by atoms with van der Waals surface area (Å²) in [5.41, 5.74) is 1.45. The molecule has 1 saturated carbocycles. The zero-order valence-electron chi connectivity index (χ0n) is 20.9. The molecule has 2 aromatic rings. The smallest absolute Gasteiger partial charge is 0.255 e. The van der Waals surface area contributed by atoms with E-state index in [4.69, 9.17) is 14.2 Å². The summed E-state index contributed by atoms with van der Waals surface area (Å²) in [5, 5.41) is 2.35. The van der Waals surface area contributed by atoms with Gasteiger partial charge in [-0.3, -0.25) is 24.6 Å². The normalized spacial score (nSPS) is 26.0. The van der Waals surface area contributed by atoms with E-state index in [9.17, 15) is 14.4 Å². The molecule has 2 saturated heterocycles. The van der Waals surface area contributed by atoms with Gasteiger partial charge in [-0.2, -0.15) is 0 Å². The molecule has 2 aromatic carbocycles. The summed E-state index contributed by atoms with van der Waals surface area (Å²) in [5.74, 6) is 1.41. The molecule has 0 radical (unpaired) electrons. The van der Waals surface area contributed by atoms with Crippen LogP contribution in [0.25, 0.3) is 0 Å². The number of methoxy groups -OCH3 is 1. The minimum absolute atomic E-state index is 0.0774. The Morgan fingerprint density at radius 2 is 1.76 bits per heavy atom. The van der Waals surface area contributed by atoms with Gasteiger partial charge in [0.25, 0.3) is 5.91 Å². The van der Waals surface area contributed by atoms with Gasteiger partial charge in [0.15, 0.2) is 11.5 Å². The Labute approximate surface area is 215 Å². The number of nitrogens with zero attached hydrogens (tertiary/aromatic N) is 2. The summed E-state index contributed by atoms with van der Waals surface area (Å²) in [7, 11) is 1.65. The Bertz CT molecular complexity index is 1230. The van der Waals surface area contributed by atoms with Crippen LogP contribution in [0.2, 0.25) is 0 Å².